The van der Waals surface area contributed by atoms with Gasteiger partial charge < -0.3 is 0 Å². The average molecular weight is 188 g/mol. The van der Waals surface area contributed by atoms with E-state index in [0.29, 0.717) is 5.25 Å². The molecule has 0 spiro atoms. The molecule has 0 bridgehead atoms. The van der Waals surface area contributed by atoms with Crippen LogP contribution in [0.5, 0.6) is 0 Å². The van der Waals surface area contributed by atoms with Gasteiger partial charge >= 0.3 is 0 Å². The summed E-state index contributed by atoms with van der Waals surface area (Å²) in [5, 5.41) is 0.630. The fraction of sp³-hybridized carbons (Fsp3) is 1.00. The second-order valence-electron chi connectivity index (χ2n) is 3.59. The van der Waals surface area contributed by atoms with Crippen molar-refractivity contribution in [2.45, 2.75) is 70.5 Å². The summed E-state index contributed by atoms with van der Waals surface area (Å²) in [6.45, 7) is 4.31. The lowest BCUT2D eigenvalue weighted by Crippen LogP contribution is -1.89. The van der Waals surface area contributed by atoms with Gasteiger partial charge in [0.1, 0.15) is 0 Å². The lowest BCUT2D eigenvalue weighted by atomic mass is 10.0. The van der Waals surface area contributed by atoms with E-state index < -0.39 is 0 Å². The molecule has 0 amide bonds. The van der Waals surface area contributed by atoms with Crippen LogP contribution in [0.15, 0.2) is 0 Å². The van der Waals surface area contributed by atoms with Crippen molar-refractivity contribution in [3.63, 3.8) is 0 Å². The third-order valence-corrected chi connectivity index (χ3v) is 3.17. The van der Waals surface area contributed by atoms with Gasteiger partial charge in [-0.15, -0.1) is 0 Å². The number of hydrogen-bond acceptors (Lipinski definition) is 1. The zero-order valence-electron chi connectivity index (χ0n) is 8.68. The number of rotatable bonds is 2. The molecular formula is C11H24S. The molecule has 74 valence electrons. The second kappa shape index (κ2) is 9.44. The molecule has 1 aliphatic rings. The lowest BCUT2D eigenvalue weighted by molar-refractivity contribution is 0.504. The van der Waals surface area contributed by atoms with E-state index in [9.17, 15) is 0 Å². The van der Waals surface area contributed by atoms with Crippen LogP contribution in [-0.2, 0) is 0 Å². The molecule has 1 fully saturated rings. The molecule has 0 aliphatic heterocycles. The minimum atomic E-state index is 0.630. The van der Waals surface area contributed by atoms with Gasteiger partial charge in [-0.25, -0.2) is 0 Å². The van der Waals surface area contributed by atoms with Crippen molar-refractivity contribution >= 4 is 12.6 Å². The van der Waals surface area contributed by atoms with Crippen molar-refractivity contribution in [3.05, 3.63) is 0 Å². The molecule has 0 atom stereocenters. The summed E-state index contributed by atoms with van der Waals surface area (Å²) in [4.78, 5) is 0. The zero-order chi connectivity index (χ0) is 9.23. The van der Waals surface area contributed by atoms with E-state index >= 15 is 0 Å². The maximum atomic E-state index is 4.23. The van der Waals surface area contributed by atoms with Gasteiger partial charge in [-0.3, -0.25) is 0 Å². The molecule has 0 N–H and O–H groups in total. The van der Waals surface area contributed by atoms with Crippen LogP contribution in [0.2, 0.25) is 0 Å². The van der Waals surface area contributed by atoms with E-state index in [1.807, 2.05) is 0 Å². The third kappa shape index (κ3) is 8.45. The average Bonchev–Trinajstić information content (AvgIpc) is 2.20. The van der Waals surface area contributed by atoms with Crippen molar-refractivity contribution in [3.8, 4) is 0 Å². The van der Waals surface area contributed by atoms with E-state index in [2.05, 4.69) is 26.5 Å². The molecule has 0 nitrogen and oxygen atoms in total. The predicted octanol–water partition coefficient (Wildman–Crippen LogP) is 4.45. The van der Waals surface area contributed by atoms with Crippen molar-refractivity contribution in [1.82, 2.24) is 0 Å². The minimum Gasteiger partial charge on any atom is -0.176 e. The van der Waals surface area contributed by atoms with E-state index in [4.69, 9.17) is 0 Å². The molecule has 0 aromatic heterocycles. The summed E-state index contributed by atoms with van der Waals surface area (Å²) in [6.07, 6.45) is 11.4. The Bertz CT molecular complexity index is 61.6. The molecule has 1 heteroatoms. The first-order valence-electron chi connectivity index (χ1n) is 5.49. The molecule has 0 heterocycles. The minimum absolute atomic E-state index is 0.630. The van der Waals surface area contributed by atoms with Crippen LogP contribution in [0.4, 0.5) is 0 Å². The van der Waals surface area contributed by atoms with Gasteiger partial charge in [-0.05, 0) is 12.8 Å². The topological polar surface area (TPSA) is 0 Å². The summed E-state index contributed by atoms with van der Waals surface area (Å²) in [5.74, 6) is 0. The molecule has 0 unspecified atom stereocenters. The summed E-state index contributed by atoms with van der Waals surface area (Å²) >= 11 is 4.23. The molecular weight excluding hydrogens is 164 g/mol. The van der Waals surface area contributed by atoms with Gasteiger partial charge in [0.25, 0.3) is 0 Å². The smallest absolute Gasteiger partial charge is 0.00115 e. The maximum Gasteiger partial charge on any atom is 0.00115 e. The van der Waals surface area contributed by atoms with E-state index in [0.717, 1.165) is 0 Å². The molecule has 1 aliphatic carbocycles. The Labute approximate surface area is 83.5 Å². The van der Waals surface area contributed by atoms with Crippen molar-refractivity contribution in [1.29, 1.82) is 0 Å². The number of hydrogen-bond donors (Lipinski definition) is 1. The van der Waals surface area contributed by atoms with Crippen LogP contribution in [0.1, 0.15) is 65.2 Å². The van der Waals surface area contributed by atoms with Gasteiger partial charge in [-0.2, -0.15) is 12.6 Å². The molecule has 0 radical (unpaired) electrons. The van der Waals surface area contributed by atoms with Gasteiger partial charge in [0.05, 0.1) is 0 Å². The lowest BCUT2D eigenvalue weighted by Gasteiger charge is -2.05. The SMILES string of the molecule is C1CCCCC1.CCC(S)CC. The van der Waals surface area contributed by atoms with Crippen LogP contribution in [0.25, 0.3) is 0 Å². The Morgan fingerprint density at radius 2 is 1.08 bits per heavy atom. The van der Waals surface area contributed by atoms with Crippen LogP contribution in [-0.4, -0.2) is 5.25 Å². The van der Waals surface area contributed by atoms with Crippen LogP contribution >= 0.6 is 12.6 Å². The highest BCUT2D eigenvalue weighted by Crippen LogP contribution is 2.15. The molecule has 0 aromatic carbocycles. The van der Waals surface area contributed by atoms with E-state index in [-0.39, 0.29) is 0 Å². The fourth-order valence-electron chi connectivity index (χ4n) is 1.35. The van der Waals surface area contributed by atoms with Crippen molar-refractivity contribution in [2.24, 2.45) is 0 Å². The predicted molar refractivity (Wildman–Crippen MR) is 61.1 cm³/mol. The Morgan fingerprint density at radius 1 is 0.833 bits per heavy atom. The standard InChI is InChI=1S/C6H12.C5H12S/c1-2-4-6-5-3-1;1-3-5(6)4-2/h1-6H2;5-6H,3-4H2,1-2H3. The summed E-state index contributed by atoms with van der Waals surface area (Å²) in [7, 11) is 0. The number of thiol groups is 1. The van der Waals surface area contributed by atoms with Gasteiger partial charge in [-0.1, -0.05) is 52.4 Å². The Kier molecular flexibility index (Phi) is 9.71. The second-order valence-corrected chi connectivity index (χ2v) is 4.32. The quantitative estimate of drug-likeness (QED) is 0.608. The highest BCUT2D eigenvalue weighted by Gasteiger charge is 1.95. The first kappa shape index (κ1) is 12.3. The Balaban J connectivity index is 0.000000202. The summed E-state index contributed by atoms with van der Waals surface area (Å²) in [5.41, 5.74) is 0. The monoisotopic (exact) mass is 188 g/mol. The normalized spacial score (nSPS) is 17.0. The molecule has 1 saturated carbocycles. The molecule has 0 aromatic rings. The zero-order valence-corrected chi connectivity index (χ0v) is 9.58. The highest BCUT2D eigenvalue weighted by atomic mass is 32.1. The third-order valence-electron chi connectivity index (χ3n) is 2.44. The molecule has 12 heavy (non-hydrogen) atoms. The summed E-state index contributed by atoms with van der Waals surface area (Å²) < 4.78 is 0. The summed E-state index contributed by atoms with van der Waals surface area (Å²) in [6, 6.07) is 0. The van der Waals surface area contributed by atoms with Gasteiger partial charge in [0, 0.05) is 5.25 Å². The first-order valence-corrected chi connectivity index (χ1v) is 6.01. The van der Waals surface area contributed by atoms with Crippen LogP contribution in [0.3, 0.4) is 0 Å². The van der Waals surface area contributed by atoms with Crippen molar-refractivity contribution < 1.29 is 0 Å². The first-order chi connectivity index (χ1) is 5.81. The highest BCUT2D eigenvalue weighted by molar-refractivity contribution is 7.80. The van der Waals surface area contributed by atoms with Crippen LogP contribution < -0.4 is 0 Å². The molecule has 1 rings (SSSR count). The Morgan fingerprint density at radius 3 is 1.17 bits per heavy atom. The Hall–Kier alpha value is 0.350. The van der Waals surface area contributed by atoms with Crippen LogP contribution in [0, 0.1) is 0 Å². The van der Waals surface area contributed by atoms with E-state index in [1.165, 1.54) is 51.4 Å². The van der Waals surface area contributed by atoms with Gasteiger partial charge in [0.2, 0.25) is 0 Å². The van der Waals surface area contributed by atoms with E-state index in [1.54, 1.807) is 0 Å². The maximum absolute atomic E-state index is 4.23. The fourth-order valence-corrected chi connectivity index (χ4v) is 1.35. The van der Waals surface area contributed by atoms with Crippen molar-refractivity contribution in [2.75, 3.05) is 0 Å². The largest absolute Gasteiger partial charge is 0.176 e. The molecule has 0 saturated heterocycles. The van der Waals surface area contributed by atoms with Gasteiger partial charge in [0.15, 0.2) is 0 Å².